The van der Waals surface area contributed by atoms with Crippen LogP contribution < -0.4 is 0 Å². The number of nitrogens with zero attached hydrogens (tertiary/aromatic N) is 3. The van der Waals surface area contributed by atoms with E-state index in [0.717, 1.165) is 38.4 Å². The van der Waals surface area contributed by atoms with Crippen molar-refractivity contribution < 1.29 is 18.4 Å². The second-order valence-corrected chi connectivity index (χ2v) is 8.41. The van der Waals surface area contributed by atoms with Crippen LogP contribution >= 0.6 is 11.6 Å². The van der Waals surface area contributed by atoms with Crippen LogP contribution in [0.15, 0.2) is 22.6 Å². The van der Waals surface area contributed by atoms with Gasteiger partial charge in [0.25, 0.3) is 11.8 Å². The van der Waals surface area contributed by atoms with E-state index >= 15 is 0 Å². The fraction of sp³-hybridized carbons (Fsp3) is 0.500. The van der Waals surface area contributed by atoms with Crippen LogP contribution in [0.4, 0.5) is 4.39 Å². The fourth-order valence-electron chi connectivity index (χ4n) is 4.20. The molecule has 2 aliphatic rings. The van der Waals surface area contributed by atoms with Crippen molar-refractivity contribution in [2.75, 3.05) is 26.2 Å². The maximum atomic E-state index is 13.2. The first-order chi connectivity index (χ1) is 14.4. The summed E-state index contributed by atoms with van der Waals surface area (Å²) in [6, 6.07) is 3.81. The number of carbonyl (C=O) groups excluding carboxylic acids is 2. The summed E-state index contributed by atoms with van der Waals surface area (Å²) in [4.78, 5) is 33.6. The van der Waals surface area contributed by atoms with Gasteiger partial charge >= 0.3 is 0 Å². The molecule has 1 aromatic carbocycles. The van der Waals surface area contributed by atoms with Crippen LogP contribution in [0.5, 0.6) is 0 Å². The number of likely N-dealkylation sites (tertiary alicyclic amines) is 2. The second kappa shape index (κ2) is 8.76. The van der Waals surface area contributed by atoms with Crippen LogP contribution in [0.2, 0.25) is 5.02 Å². The molecule has 2 aromatic rings. The van der Waals surface area contributed by atoms with E-state index in [9.17, 15) is 14.0 Å². The molecule has 0 saturated carbocycles. The summed E-state index contributed by atoms with van der Waals surface area (Å²) in [6.45, 7) is 4.37. The van der Waals surface area contributed by atoms with Crippen molar-refractivity contribution in [2.24, 2.45) is 0 Å². The molecule has 0 aliphatic carbocycles. The van der Waals surface area contributed by atoms with Gasteiger partial charge in [0.1, 0.15) is 11.6 Å². The quantitative estimate of drug-likeness (QED) is 0.718. The van der Waals surface area contributed by atoms with Gasteiger partial charge in [-0.25, -0.2) is 9.37 Å². The molecule has 3 heterocycles. The molecule has 160 valence electrons. The van der Waals surface area contributed by atoms with Crippen LogP contribution in [0, 0.1) is 12.7 Å². The molecule has 1 aromatic heterocycles. The molecular weight excluding hydrogens is 409 g/mol. The van der Waals surface area contributed by atoms with Crippen molar-refractivity contribution in [1.82, 2.24) is 14.8 Å². The minimum absolute atomic E-state index is 0.0548. The summed E-state index contributed by atoms with van der Waals surface area (Å²) in [5.74, 6) is 0.449. The van der Waals surface area contributed by atoms with Crippen molar-refractivity contribution in [3.63, 3.8) is 0 Å². The van der Waals surface area contributed by atoms with Crippen LogP contribution in [0.1, 0.15) is 70.5 Å². The lowest BCUT2D eigenvalue weighted by Crippen LogP contribution is -2.38. The monoisotopic (exact) mass is 433 g/mol. The Hall–Kier alpha value is -2.41. The lowest BCUT2D eigenvalue weighted by molar-refractivity contribution is 0.0704. The minimum atomic E-state index is -0.468. The van der Waals surface area contributed by atoms with Gasteiger partial charge in [0.05, 0.1) is 10.6 Å². The zero-order chi connectivity index (χ0) is 21.3. The van der Waals surface area contributed by atoms with E-state index in [2.05, 4.69) is 4.98 Å². The Bertz CT molecular complexity index is 947. The Labute approximate surface area is 180 Å². The number of hydrogen-bond donors (Lipinski definition) is 0. The standard InChI is InChI=1S/C22H25ClFN3O3/c1-14-19(22(29)26-9-3-2-4-10-26)25-20(30-14)15-7-11-27(12-8-15)21(28)17-6-5-16(24)13-18(17)23/h5-6,13,15H,2-4,7-12H2,1H3. The van der Waals surface area contributed by atoms with E-state index in [4.69, 9.17) is 16.0 Å². The van der Waals surface area contributed by atoms with E-state index in [1.807, 2.05) is 4.90 Å². The Balaban J connectivity index is 1.40. The van der Waals surface area contributed by atoms with Crippen molar-refractivity contribution in [1.29, 1.82) is 0 Å². The third kappa shape index (κ3) is 4.21. The topological polar surface area (TPSA) is 66.7 Å². The summed E-state index contributed by atoms with van der Waals surface area (Å²) in [6.07, 6.45) is 4.58. The predicted octanol–water partition coefficient (Wildman–Crippen LogP) is 4.42. The Kier molecular flexibility index (Phi) is 6.09. The highest BCUT2D eigenvalue weighted by Crippen LogP contribution is 2.31. The Morgan fingerprint density at radius 2 is 1.73 bits per heavy atom. The second-order valence-electron chi connectivity index (χ2n) is 8.00. The highest BCUT2D eigenvalue weighted by molar-refractivity contribution is 6.33. The average molecular weight is 434 g/mol. The van der Waals surface area contributed by atoms with Gasteiger partial charge in [-0.15, -0.1) is 0 Å². The van der Waals surface area contributed by atoms with E-state index in [1.54, 1.807) is 11.8 Å². The number of benzene rings is 1. The fourth-order valence-corrected chi connectivity index (χ4v) is 4.45. The number of carbonyl (C=O) groups is 2. The molecule has 2 fully saturated rings. The first-order valence-electron chi connectivity index (χ1n) is 10.4. The molecule has 0 bridgehead atoms. The normalized spacial score (nSPS) is 18.0. The summed E-state index contributed by atoms with van der Waals surface area (Å²) in [5.41, 5.74) is 0.710. The minimum Gasteiger partial charge on any atom is -0.445 e. The third-order valence-electron chi connectivity index (χ3n) is 5.95. The van der Waals surface area contributed by atoms with Gasteiger partial charge in [-0.1, -0.05) is 11.6 Å². The van der Waals surface area contributed by atoms with Crippen molar-refractivity contribution in [2.45, 2.75) is 44.9 Å². The molecule has 0 radical (unpaired) electrons. The average Bonchev–Trinajstić information content (AvgIpc) is 3.15. The SMILES string of the molecule is Cc1oc(C2CCN(C(=O)c3ccc(F)cc3Cl)CC2)nc1C(=O)N1CCCCC1. The Morgan fingerprint density at radius 3 is 2.40 bits per heavy atom. The maximum Gasteiger partial charge on any atom is 0.276 e. The van der Waals surface area contributed by atoms with E-state index < -0.39 is 5.82 Å². The molecular formula is C22H25ClFN3O3. The summed E-state index contributed by atoms with van der Waals surface area (Å²) < 4.78 is 19.1. The first kappa shape index (κ1) is 20.8. The number of amides is 2. The van der Waals surface area contributed by atoms with Crippen molar-refractivity contribution in [3.05, 3.63) is 51.9 Å². The van der Waals surface area contributed by atoms with Gasteiger partial charge < -0.3 is 14.2 Å². The number of oxazole rings is 1. The molecule has 0 unspecified atom stereocenters. The number of piperidine rings is 2. The van der Waals surface area contributed by atoms with Gasteiger partial charge in [0.15, 0.2) is 11.6 Å². The van der Waals surface area contributed by atoms with E-state index in [1.165, 1.54) is 12.1 Å². The molecule has 6 nitrogen and oxygen atoms in total. The molecule has 0 atom stereocenters. The van der Waals surface area contributed by atoms with Gasteiger partial charge in [-0.2, -0.15) is 0 Å². The highest BCUT2D eigenvalue weighted by Gasteiger charge is 2.31. The smallest absolute Gasteiger partial charge is 0.276 e. The first-order valence-corrected chi connectivity index (χ1v) is 10.8. The van der Waals surface area contributed by atoms with Gasteiger partial charge in [0, 0.05) is 32.1 Å². The zero-order valence-corrected chi connectivity index (χ0v) is 17.8. The van der Waals surface area contributed by atoms with E-state index in [0.29, 0.717) is 48.8 Å². The van der Waals surface area contributed by atoms with Crippen molar-refractivity contribution in [3.8, 4) is 0 Å². The molecule has 0 N–H and O–H groups in total. The number of halogens is 2. The third-order valence-corrected chi connectivity index (χ3v) is 6.26. The number of rotatable bonds is 3. The molecule has 2 amide bonds. The number of aromatic nitrogens is 1. The molecule has 2 saturated heterocycles. The van der Waals surface area contributed by atoms with E-state index in [-0.39, 0.29) is 22.8 Å². The Morgan fingerprint density at radius 1 is 1.07 bits per heavy atom. The van der Waals surface area contributed by atoms with Crippen LogP contribution in [0.3, 0.4) is 0 Å². The summed E-state index contributed by atoms with van der Waals surface area (Å²) in [5, 5.41) is 0.117. The molecule has 4 rings (SSSR count). The highest BCUT2D eigenvalue weighted by atomic mass is 35.5. The van der Waals surface area contributed by atoms with Crippen LogP contribution in [-0.4, -0.2) is 52.8 Å². The maximum absolute atomic E-state index is 13.2. The van der Waals surface area contributed by atoms with Gasteiger partial charge in [-0.3, -0.25) is 9.59 Å². The molecule has 0 spiro atoms. The molecule has 2 aliphatic heterocycles. The lowest BCUT2D eigenvalue weighted by atomic mass is 9.96. The lowest BCUT2D eigenvalue weighted by Gasteiger charge is -2.31. The van der Waals surface area contributed by atoms with Crippen LogP contribution in [-0.2, 0) is 0 Å². The van der Waals surface area contributed by atoms with Gasteiger partial charge in [0.2, 0.25) is 0 Å². The number of aryl methyl sites for hydroxylation is 1. The van der Waals surface area contributed by atoms with Gasteiger partial charge in [-0.05, 0) is 57.2 Å². The van der Waals surface area contributed by atoms with Crippen molar-refractivity contribution >= 4 is 23.4 Å². The number of hydrogen-bond acceptors (Lipinski definition) is 4. The predicted molar refractivity (Wildman–Crippen MR) is 110 cm³/mol. The summed E-state index contributed by atoms with van der Waals surface area (Å²) >= 11 is 6.03. The molecule has 8 heteroatoms. The zero-order valence-electron chi connectivity index (χ0n) is 17.0. The summed E-state index contributed by atoms with van der Waals surface area (Å²) in [7, 11) is 0. The largest absolute Gasteiger partial charge is 0.445 e. The molecule has 30 heavy (non-hydrogen) atoms. The van der Waals surface area contributed by atoms with Crippen LogP contribution in [0.25, 0.3) is 0 Å².